The highest BCUT2D eigenvalue weighted by Crippen LogP contribution is 2.23. The van der Waals surface area contributed by atoms with Crippen LogP contribution in [0.25, 0.3) is 0 Å². The Hall–Kier alpha value is -1.09. The fraction of sp³-hybridized carbons (Fsp3) is 0.615. The maximum Gasteiger partial charge on any atom is 0.0605 e. The highest BCUT2D eigenvalue weighted by molar-refractivity contribution is 5.51. The summed E-state index contributed by atoms with van der Waals surface area (Å²) in [6, 6.07) is 5.37. The van der Waals surface area contributed by atoms with Gasteiger partial charge in [0.25, 0.3) is 0 Å². The Labute approximate surface area is 97.9 Å². The lowest BCUT2D eigenvalue weighted by atomic mass is 10.1. The van der Waals surface area contributed by atoms with Crippen LogP contribution in [0, 0.1) is 6.92 Å². The van der Waals surface area contributed by atoms with Crippen molar-refractivity contribution in [1.29, 1.82) is 0 Å². The zero-order valence-corrected chi connectivity index (χ0v) is 10.4. The molecular formula is C13H21N3. The number of nitrogens with one attached hydrogen (secondary N) is 1. The van der Waals surface area contributed by atoms with E-state index in [0.717, 1.165) is 18.8 Å². The molecule has 1 fully saturated rings. The predicted octanol–water partition coefficient (Wildman–Crippen LogP) is 1.97. The molecule has 2 rings (SSSR count). The van der Waals surface area contributed by atoms with Gasteiger partial charge in [-0.3, -0.25) is 4.98 Å². The van der Waals surface area contributed by atoms with E-state index in [0.29, 0.717) is 12.1 Å². The highest BCUT2D eigenvalue weighted by Gasteiger charge is 2.25. The average Bonchev–Trinajstić information content (AvgIpc) is 2.29. The first-order chi connectivity index (χ1) is 7.72. The first-order valence-corrected chi connectivity index (χ1v) is 6.14. The second kappa shape index (κ2) is 4.83. The Balaban J connectivity index is 2.26. The fourth-order valence-corrected chi connectivity index (χ4v) is 2.40. The minimum atomic E-state index is 0.558. The Morgan fingerprint density at radius 3 is 3.06 bits per heavy atom. The molecule has 3 heteroatoms. The van der Waals surface area contributed by atoms with E-state index >= 15 is 0 Å². The van der Waals surface area contributed by atoms with E-state index in [9.17, 15) is 0 Å². The molecule has 0 aliphatic carbocycles. The van der Waals surface area contributed by atoms with Crippen LogP contribution in [0.15, 0.2) is 18.3 Å². The molecule has 1 aliphatic heterocycles. The van der Waals surface area contributed by atoms with Crippen LogP contribution in [-0.4, -0.2) is 30.2 Å². The van der Waals surface area contributed by atoms with Gasteiger partial charge in [-0.2, -0.15) is 0 Å². The second-order valence-corrected chi connectivity index (χ2v) is 4.63. The van der Waals surface area contributed by atoms with Crippen LogP contribution >= 0.6 is 0 Å². The van der Waals surface area contributed by atoms with Gasteiger partial charge in [-0.15, -0.1) is 0 Å². The fourth-order valence-electron chi connectivity index (χ4n) is 2.40. The molecule has 0 saturated carbocycles. The number of anilines is 1. The summed E-state index contributed by atoms with van der Waals surface area (Å²) in [4.78, 5) is 6.89. The summed E-state index contributed by atoms with van der Waals surface area (Å²) in [6.45, 7) is 8.73. The van der Waals surface area contributed by atoms with Gasteiger partial charge >= 0.3 is 0 Å². The Morgan fingerprint density at radius 1 is 1.56 bits per heavy atom. The lowest BCUT2D eigenvalue weighted by Gasteiger charge is -2.41. The number of hydrogen-bond acceptors (Lipinski definition) is 3. The summed E-state index contributed by atoms with van der Waals surface area (Å²) in [5.74, 6) is 0. The van der Waals surface area contributed by atoms with Crippen LogP contribution in [0.5, 0.6) is 0 Å². The number of aryl methyl sites for hydroxylation is 1. The predicted molar refractivity (Wildman–Crippen MR) is 67.9 cm³/mol. The lowest BCUT2D eigenvalue weighted by molar-refractivity contribution is 0.401. The number of nitrogens with zero attached hydrogens (tertiary/aromatic N) is 2. The Bertz CT molecular complexity index is 351. The van der Waals surface area contributed by atoms with Crippen LogP contribution in [-0.2, 0) is 0 Å². The average molecular weight is 219 g/mol. The Kier molecular flexibility index (Phi) is 3.44. The second-order valence-electron chi connectivity index (χ2n) is 4.63. The summed E-state index contributed by atoms with van der Waals surface area (Å²) < 4.78 is 0. The molecule has 0 radical (unpaired) electrons. The smallest absolute Gasteiger partial charge is 0.0605 e. The minimum absolute atomic E-state index is 0.558. The molecular weight excluding hydrogens is 198 g/mol. The zero-order chi connectivity index (χ0) is 11.5. The van der Waals surface area contributed by atoms with Crippen molar-refractivity contribution in [1.82, 2.24) is 10.3 Å². The zero-order valence-electron chi connectivity index (χ0n) is 10.4. The van der Waals surface area contributed by atoms with Crippen molar-refractivity contribution < 1.29 is 0 Å². The maximum absolute atomic E-state index is 4.39. The van der Waals surface area contributed by atoms with Crippen molar-refractivity contribution >= 4 is 5.69 Å². The van der Waals surface area contributed by atoms with E-state index in [4.69, 9.17) is 0 Å². The van der Waals surface area contributed by atoms with Gasteiger partial charge in [0.1, 0.15) is 0 Å². The van der Waals surface area contributed by atoms with Gasteiger partial charge in [-0.1, -0.05) is 6.92 Å². The standard InChI is InChI=1S/C13H21N3/c1-4-12-8-15-10(2)9-16(12)13-6-5-7-14-11(13)3/h5-7,10,12,15H,4,8-9H2,1-3H3. The summed E-state index contributed by atoms with van der Waals surface area (Å²) >= 11 is 0. The molecule has 1 aromatic heterocycles. The van der Waals surface area contributed by atoms with Gasteiger partial charge in [0.15, 0.2) is 0 Å². The van der Waals surface area contributed by atoms with Gasteiger partial charge in [0.05, 0.1) is 11.4 Å². The molecule has 0 aromatic carbocycles. The molecule has 88 valence electrons. The van der Waals surface area contributed by atoms with Crippen molar-refractivity contribution in [3.8, 4) is 0 Å². The maximum atomic E-state index is 4.39. The molecule has 2 heterocycles. The summed E-state index contributed by atoms with van der Waals surface area (Å²) in [6.07, 6.45) is 3.04. The molecule has 16 heavy (non-hydrogen) atoms. The third kappa shape index (κ3) is 2.19. The van der Waals surface area contributed by atoms with E-state index in [1.165, 1.54) is 12.1 Å². The van der Waals surface area contributed by atoms with Crippen LogP contribution in [0.3, 0.4) is 0 Å². The van der Waals surface area contributed by atoms with Crippen molar-refractivity contribution in [2.45, 2.75) is 39.3 Å². The molecule has 1 aliphatic rings. The topological polar surface area (TPSA) is 28.2 Å². The quantitative estimate of drug-likeness (QED) is 0.824. The van der Waals surface area contributed by atoms with Gasteiger partial charge in [0, 0.05) is 31.4 Å². The summed E-state index contributed by atoms with van der Waals surface area (Å²) in [5.41, 5.74) is 2.43. The van der Waals surface area contributed by atoms with Crippen molar-refractivity contribution in [2.24, 2.45) is 0 Å². The van der Waals surface area contributed by atoms with E-state index in [-0.39, 0.29) is 0 Å². The SMILES string of the molecule is CCC1CNC(C)CN1c1cccnc1C. The monoisotopic (exact) mass is 219 g/mol. The van der Waals surface area contributed by atoms with Crippen molar-refractivity contribution in [3.63, 3.8) is 0 Å². The number of pyridine rings is 1. The summed E-state index contributed by atoms with van der Waals surface area (Å²) in [5, 5.41) is 3.54. The molecule has 0 bridgehead atoms. The number of hydrogen-bond donors (Lipinski definition) is 1. The molecule has 1 saturated heterocycles. The van der Waals surface area contributed by atoms with Gasteiger partial charge in [-0.05, 0) is 32.4 Å². The normalized spacial score (nSPS) is 25.8. The van der Waals surface area contributed by atoms with Crippen LogP contribution < -0.4 is 10.2 Å². The third-order valence-electron chi connectivity index (χ3n) is 3.37. The molecule has 2 atom stereocenters. The van der Waals surface area contributed by atoms with E-state index in [1.807, 2.05) is 12.3 Å². The molecule has 0 spiro atoms. The van der Waals surface area contributed by atoms with Gasteiger partial charge in [0.2, 0.25) is 0 Å². The van der Waals surface area contributed by atoms with Crippen LogP contribution in [0.4, 0.5) is 5.69 Å². The highest BCUT2D eigenvalue weighted by atomic mass is 15.2. The van der Waals surface area contributed by atoms with E-state index in [1.54, 1.807) is 0 Å². The first-order valence-electron chi connectivity index (χ1n) is 6.14. The van der Waals surface area contributed by atoms with Gasteiger partial charge in [-0.25, -0.2) is 0 Å². The molecule has 1 N–H and O–H groups in total. The number of aromatic nitrogens is 1. The Morgan fingerprint density at radius 2 is 2.38 bits per heavy atom. The minimum Gasteiger partial charge on any atom is -0.364 e. The third-order valence-corrected chi connectivity index (χ3v) is 3.37. The number of rotatable bonds is 2. The molecule has 0 amide bonds. The van der Waals surface area contributed by atoms with Gasteiger partial charge < -0.3 is 10.2 Å². The van der Waals surface area contributed by atoms with Crippen molar-refractivity contribution in [2.75, 3.05) is 18.0 Å². The van der Waals surface area contributed by atoms with Crippen LogP contribution in [0.2, 0.25) is 0 Å². The van der Waals surface area contributed by atoms with Crippen molar-refractivity contribution in [3.05, 3.63) is 24.0 Å². The molecule has 3 nitrogen and oxygen atoms in total. The first kappa shape index (κ1) is 11.4. The van der Waals surface area contributed by atoms with Crippen LogP contribution in [0.1, 0.15) is 26.0 Å². The largest absolute Gasteiger partial charge is 0.364 e. The summed E-state index contributed by atoms with van der Waals surface area (Å²) in [7, 11) is 0. The lowest BCUT2D eigenvalue weighted by Crippen LogP contribution is -2.55. The molecule has 2 unspecified atom stereocenters. The van der Waals surface area contributed by atoms with E-state index in [2.05, 4.69) is 42.0 Å². The van der Waals surface area contributed by atoms with E-state index < -0.39 is 0 Å². The molecule has 1 aromatic rings. The number of piperazine rings is 1.